The highest BCUT2D eigenvalue weighted by Gasteiger charge is 2.06. The van der Waals surface area contributed by atoms with E-state index in [0.717, 1.165) is 21.1 Å². The van der Waals surface area contributed by atoms with Gasteiger partial charge in [0.15, 0.2) is 0 Å². The molecule has 0 atom stereocenters. The molecule has 3 heteroatoms. The molecule has 1 heterocycles. The number of hydrogen-bond acceptors (Lipinski definition) is 1. The third kappa shape index (κ3) is 2.14. The van der Waals surface area contributed by atoms with Crippen LogP contribution in [0.4, 0.5) is 0 Å². The van der Waals surface area contributed by atoms with Crippen LogP contribution in [-0.2, 0) is 6.61 Å². The minimum absolute atomic E-state index is 0.579. The second-order valence-corrected chi connectivity index (χ2v) is 4.88. The normalized spacial score (nSPS) is 10.7. The zero-order valence-electron chi connectivity index (χ0n) is 9.69. The van der Waals surface area contributed by atoms with Crippen LogP contribution in [0.15, 0.2) is 59.2 Å². The van der Waals surface area contributed by atoms with Crippen molar-refractivity contribution in [2.45, 2.75) is 6.61 Å². The first kappa shape index (κ1) is 11.4. The molecule has 0 amide bonds. The first-order valence-electron chi connectivity index (χ1n) is 5.77. The van der Waals surface area contributed by atoms with Crippen LogP contribution in [0.5, 0.6) is 5.75 Å². The van der Waals surface area contributed by atoms with Gasteiger partial charge in [-0.1, -0.05) is 30.3 Å². The molecule has 2 nitrogen and oxygen atoms in total. The molecule has 0 saturated carbocycles. The lowest BCUT2D eigenvalue weighted by molar-refractivity contribution is 0.305. The number of hydrogen-bond donors (Lipinski definition) is 1. The molecule has 0 bridgehead atoms. The van der Waals surface area contributed by atoms with Gasteiger partial charge in [-0.25, -0.2) is 0 Å². The van der Waals surface area contributed by atoms with E-state index < -0.39 is 0 Å². The Bertz CT molecular complexity index is 661. The molecular formula is C15H12BrNO. The summed E-state index contributed by atoms with van der Waals surface area (Å²) < 4.78 is 6.84. The molecule has 90 valence electrons. The average Bonchev–Trinajstić information content (AvgIpc) is 2.88. The largest absolute Gasteiger partial charge is 0.488 e. The smallest absolute Gasteiger partial charge is 0.134 e. The Morgan fingerprint density at radius 2 is 1.83 bits per heavy atom. The lowest BCUT2D eigenvalue weighted by Gasteiger charge is -2.08. The molecule has 0 aliphatic heterocycles. The molecule has 0 aliphatic rings. The number of ether oxygens (including phenoxy) is 1. The highest BCUT2D eigenvalue weighted by atomic mass is 79.9. The van der Waals surface area contributed by atoms with E-state index >= 15 is 0 Å². The van der Waals surface area contributed by atoms with Crippen molar-refractivity contribution in [2.24, 2.45) is 0 Å². The summed E-state index contributed by atoms with van der Waals surface area (Å²) in [4.78, 5) is 3.18. The van der Waals surface area contributed by atoms with Crippen molar-refractivity contribution in [1.29, 1.82) is 0 Å². The summed E-state index contributed by atoms with van der Waals surface area (Å²) in [6.07, 6.45) is 1.93. The Balaban J connectivity index is 1.84. The molecular weight excluding hydrogens is 290 g/mol. The number of aromatic amines is 1. The van der Waals surface area contributed by atoms with Gasteiger partial charge in [0.05, 0.1) is 4.47 Å². The van der Waals surface area contributed by atoms with Crippen LogP contribution >= 0.6 is 15.9 Å². The van der Waals surface area contributed by atoms with Crippen molar-refractivity contribution in [3.8, 4) is 5.75 Å². The molecule has 3 aromatic rings. The van der Waals surface area contributed by atoms with E-state index in [1.807, 2.05) is 42.6 Å². The fraction of sp³-hybridized carbons (Fsp3) is 0.0667. The van der Waals surface area contributed by atoms with Gasteiger partial charge in [0.25, 0.3) is 0 Å². The van der Waals surface area contributed by atoms with Crippen molar-refractivity contribution in [1.82, 2.24) is 4.98 Å². The quantitative estimate of drug-likeness (QED) is 0.756. The van der Waals surface area contributed by atoms with E-state index in [9.17, 15) is 0 Å². The van der Waals surface area contributed by atoms with Gasteiger partial charge in [-0.15, -0.1) is 0 Å². The van der Waals surface area contributed by atoms with Gasteiger partial charge in [0.1, 0.15) is 12.4 Å². The van der Waals surface area contributed by atoms with Crippen LogP contribution in [0.2, 0.25) is 0 Å². The predicted molar refractivity (Wildman–Crippen MR) is 76.8 cm³/mol. The molecule has 2 aromatic carbocycles. The van der Waals surface area contributed by atoms with Crippen LogP contribution in [0, 0.1) is 0 Å². The summed E-state index contributed by atoms with van der Waals surface area (Å²) in [7, 11) is 0. The molecule has 0 saturated heterocycles. The maximum Gasteiger partial charge on any atom is 0.134 e. The Kier molecular flexibility index (Phi) is 3.07. The third-order valence-corrected chi connectivity index (χ3v) is 3.69. The van der Waals surface area contributed by atoms with Crippen molar-refractivity contribution >= 4 is 26.8 Å². The summed E-state index contributed by atoms with van der Waals surface area (Å²) >= 11 is 3.59. The Morgan fingerprint density at radius 1 is 1.00 bits per heavy atom. The highest BCUT2D eigenvalue weighted by molar-refractivity contribution is 9.10. The number of rotatable bonds is 3. The van der Waals surface area contributed by atoms with Crippen molar-refractivity contribution in [2.75, 3.05) is 0 Å². The lowest BCUT2D eigenvalue weighted by atomic mass is 10.2. The minimum Gasteiger partial charge on any atom is -0.488 e. The molecule has 0 unspecified atom stereocenters. The fourth-order valence-electron chi connectivity index (χ4n) is 1.92. The molecule has 1 aromatic heterocycles. The Morgan fingerprint density at radius 3 is 2.67 bits per heavy atom. The molecule has 0 fully saturated rings. The fourth-order valence-corrected chi connectivity index (χ4v) is 2.52. The Hall–Kier alpha value is -1.74. The van der Waals surface area contributed by atoms with Gasteiger partial charge in [0, 0.05) is 17.1 Å². The van der Waals surface area contributed by atoms with Crippen LogP contribution in [0.1, 0.15) is 5.56 Å². The minimum atomic E-state index is 0.579. The van der Waals surface area contributed by atoms with Crippen LogP contribution in [-0.4, -0.2) is 4.98 Å². The summed E-state index contributed by atoms with van der Waals surface area (Å²) in [6, 6.07) is 16.2. The summed E-state index contributed by atoms with van der Waals surface area (Å²) in [6.45, 7) is 0.579. The van der Waals surface area contributed by atoms with Gasteiger partial charge >= 0.3 is 0 Å². The van der Waals surface area contributed by atoms with Crippen LogP contribution in [0.3, 0.4) is 0 Å². The van der Waals surface area contributed by atoms with E-state index in [4.69, 9.17) is 4.74 Å². The van der Waals surface area contributed by atoms with Gasteiger partial charge in [-0.05, 0) is 39.7 Å². The zero-order chi connectivity index (χ0) is 12.4. The SMILES string of the molecule is Brc1c(OCc2ccccc2)ccc2[nH]ccc12. The molecule has 0 spiro atoms. The maximum absolute atomic E-state index is 5.84. The predicted octanol–water partition coefficient (Wildman–Crippen LogP) is 4.51. The molecule has 18 heavy (non-hydrogen) atoms. The summed E-state index contributed by atoms with van der Waals surface area (Å²) in [5, 5.41) is 1.14. The number of H-pyrrole nitrogens is 1. The monoisotopic (exact) mass is 301 g/mol. The van der Waals surface area contributed by atoms with Gasteiger partial charge in [-0.3, -0.25) is 0 Å². The van der Waals surface area contributed by atoms with E-state index in [1.54, 1.807) is 0 Å². The topological polar surface area (TPSA) is 25.0 Å². The van der Waals surface area contributed by atoms with Gasteiger partial charge in [0.2, 0.25) is 0 Å². The van der Waals surface area contributed by atoms with E-state index in [-0.39, 0.29) is 0 Å². The molecule has 3 rings (SSSR count). The standard InChI is InChI=1S/C15H12BrNO/c16-15-12-8-9-17-13(12)6-7-14(15)18-10-11-4-2-1-3-5-11/h1-9,17H,10H2. The highest BCUT2D eigenvalue weighted by Crippen LogP contribution is 2.33. The van der Waals surface area contributed by atoms with Crippen molar-refractivity contribution < 1.29 is 4.74 Å². The number of benzene rings is 2. The number of aromatic nitrogens is 1. The molecule has 0 radical (unpaired) electrons. The maximum atomic E-state index is 5.84. The number of fused-ring (bicyclic) bond motifs is 1. The number of nitrogens with one attached hydrogen (secondary N) is 1. The van der Waals surface area contributed by atoms with Crippen LogP contribution < -0.4 is 4.74 Å². The summed E-state index contributed by atoms with van der Waals surface area (Å²) in [5.74, 6) is 0.867. The van der Waals surface area contributed by atoms with Gasteiger partial charge < -0.3 is 9.72 Å². The second kappa shape index (κ2) is 4.86. The zero-order valence-corrected chi connectivity index (χ0v) is 11.3. The average molecular weight is 302 g/mol. The first-order chi connectivity index (χ1) is 8.84. The van der Waals surface area contributed by atoms with E-state index in [0.29, 0.717) is 6.61 Å². The van der Waals surface area contributed by atoms with Gasteiger partial charge in [-0.2, -0.15) is 0 Å². The van der Waals surface area contributed by atoms with Crippen LogP contribution in [0.25, 0.3) is 10.9 Å². The van der Waals surface area contributed by atoms with Crippen molar-refractivity contribution in [3.63, 3.8) is 0 Å². The Labute approximate surface area is 114 Å². The van der Waals surface area contributed by atoms with Crippen molar-refractivity contribution in [3.05, 3.63) is 64.8 Å². The summed E-state index contributed by atoms with van der Waals surface area (Å²) in [5.41, 5.74) is 2.27. The van der Waals surface area contributed by atoms with E-state index in [1.165, 1.54) is 5.56 Å². The third-order valence-electron chi connectivity index (χ3n) is 2.87. The molecule has 0 aliphatic carbocycles. The second-order valence-electron chi connectivity index (χ2n) is 4.09. The lowest BCUT2D eigenvalue weighted by Crippen LogP contribution is -1.95. The van der Waals surface area contributed by atoms with E-state index in [2.05, 4.69) is 33.0 Å². The first-order valence-corrected chi connectivity index (χ1v) is 6.56. The molecule has 1 N–H and O–H groups in total. The number of halogens is 1.